The zero-order valence-electron chi connectivity index (χ0n) is 15.6. The molecular weight excluding hydrogens is 480 g/mol. The van der Waals surface area contributed by atoms with Crippen LogP contribution in [0.25, 0.3) is 0 Å². The molecule has 0 aliphatic rings. The minimum absolute atomic E-state index is 0. The second-order valence-corrected chi connectivity index (χ2v) is 6.82. The van der Waals surface area contributed by atoms with E-state index in [9.17, 15) is 9.18 Å². The van der Waals surface area contributed by atoms with Crippen LogP contribution >= 0.6 is 35.3 Å². The van der Waals surface area contributed by atoms with Crippen molar-refractivity contribution in [1.29, 1.82) is 0 Å². The van der Waals surface area contributed by atoms with E-state index in [2.05, 4.69) is 31.3 Å². The summed E-state index contributed by atoms with van der Waals surface area (Å²) in [5, 5.41) is 12.2. The predicted octanol–water partition coefficient (Wildman–Crippen LogP) is 2.65. The Bertz CT molecular complexity index is 781. The molecule has 0 aliphatic carbocycles. The number of amides is 1. The van der Waals surface area contributed by atoms with E-state index in [1.807, 2.05) is 6.92 Å². The summed E-state index contributed by atoms with van der Waals surface area (Å²) < 4.78 is 13.5. The Morgan fingerprint density at radius 3 is 2.52 bits per heavy atom. The standard InChI is InChI=1S/C18H24FN5OS.HI/c1-12-4-5-14(10-16(12)19)17(25)21-8-9-23-18(20-3)22-7-6-15-11-26-13(2)24-15;/h4-5,10-11H,6-9H2,1-3H3,(H,21,25)(H2,20,22,23);1H. The summed E-state index contributed by atoms with van der Waals surface area (Å²) in [7, 11) is 1.69. The summed E-state index contributed by atoms with van der Waals surface area (Å²) in [4.78, 5) is 20.5. The number of aryl methyl sites for hydroxylation is 2. The van der Waals surface area contributed by atoms with E-state index in [1.165, 1.54) is 6.07 Å². The molecule has 0 spiro atoms. The number of guanidine groups is 1. The van der Waals surface area contributed by atoms with Crippen molar-refractivity contribution in [1.82, 2.24) is 20.9 Å². The zero-order chi connectivity index (χ0) is 18.9. The molecule has 9 heteroatoms. The highest BCUT2D eigenvalue weighted by Crippen LogP contribution is 2.09. The third-order valence-corrected chi connectivity index (χ3v) is 4.52. The minimum Gasteiger partial charge on any atom is -0.356 e. The van der Waals surface area contributed by atoms with Crippen molar-refractivity contribution >= 4 is 47.2 Å². The summed E-state index contributed by atoms with van der Waals surface area (Å²) >= 11 is 1.64. The molecule has 3 N–H and O–H groups in total. The van der Waals surface area contributed by atoms with Crippen molar-refractivity contribution in [3.05, 3.63) is 51.2 Å². The maximum absolute atomic E-state index is 13.5. The minimum atomic E-state index is -0.379. The Kier molecular flexibility index (Phi) is 10.2. The number of rotatable bonds is 7. The number of hydrogen-bond acceptors (Lipinski definition) is 4. The number of aromatic nitrogens is 1. The average molecular weight is 505 g/mol. The topological polar surface area (TPSA) is 78.4 Å². The molecule has 1 aromatic carbocycles. The van der Waals surface area contributed by atoms with Gasteiger partial charge in [0.1, 0.15) is 5.82 Å². The van der Waals surface area contributed by atoms with Gasteiger partial charge in [0.2, 0.25) is 0 Å². The lowest BCUT2D eigenvalue weighted by molar-refractivity contribution is 0.0954. The first kappa shape index (κ1) is 23.3. The molecule has 0 aliphatic heterocycles. The van der Waals surface area contributed by atoms with Crippen LogP contribution in [-0.4, -0.2) is 43.5 Å². The highest BCUT2D eigenvalue weighted by molar-refractivity contribution is 14.0. The van der Waals surface area contributed by atoms with Gasteiger partial charge in [0.25, 0.3) is 5.91 Å². The molecule has 1 amide bonds. The van der Waals surface area contributed by atoms with Crippen LogP contribution in [-0.2, 0) is 6.42 Å². The summed E-state index contributed by atoms with van der Waals surface area (Å²) in [5.41, 5.74) is 1.90. The van der Waals surface area contributed by atoms with Gasteiger partial charge in [-0.1, -0.05) is 6.07 Å². The molecule has 2 rings (SSSR count). The molecule has 0 saturated heterocycles. The SMILES string of the molecule is CN=C(NCCNC(=O)c1ccc(C)c(F)c1)NCCc1csc(C)n1.I. The van der Waals surface area contributed by atoms with Crippen molar-refractivity contribution in [2.45, 2.75) is 20.3 Å². The third kappa shape index (κ3) is 7.79. The molecule has 0 atom stereocenters. The number of benzene rings is 1. The molecule has 0 fully saturated rings. The maximum atomic E-state index is 13.5. The molecule has 148 valence electrons. The van der Waals surface area contributed by atoms with Gasteiger partial charge in [-0.25, -0.2) is 9.37 Å². The number of nitrogens with one attached hydrogen (secondary N) is 3. The zero-order valence-corrected chi connectivity index (χ0v) is 18.8. The average Bonchev–Trinajstić information content (AvgIpc) is 3.04. The van der Waals surface area contributed by atoms with Crippen LogP contribution in [0.15, 0.2) is 28.6 Å². The van der Waals surface area contributed by atoms with Crippen molar-refractivity contribution in [2.24, 2.45) is 4.99 Å². The third-order valence-electron chi connectivity index (χ3n) is 3.70. The lowest BCUT2D eigenvalue weighted by Gasteiger charge is -2.12. The Hall–Kier alpha value is -1.75. The van der Waals surface area contributed by atoms with Gasteiger partial charge in [-0.15, -0.1) is 35.3 Å². The number of thiazole rings is 1. The van der Waals surface area contributed by atoms with E-state index < -0.39 is 0 Å². The van der Waals surface area contributed by atoms with Gasteiger partial charge in [0, 0.05) is 44.0 Å². The molecule has 0 unspecified atom stereocenters. The van der Waals surface area contributed by atoms with Gasteiger partial charge in [0.15, 0.2) is 5.96 Å². The van der Waals surface area contributed by atoms with E-state index in [0.29, 0.717) is 30.2 Å². The number of carbonyl (C=O) groups excluding carboxylic acids is 1. The first-order valence-electron chi connectivity index (χ1n) is 8.39. The molecule has 0 saturated carbocycles. The second-order valence-electron chi connectivity index (χ2n) is 5.75. The molecule has 1 aromatic heterocycles. The Labute approximate surface area is 180 Å². The van der Waals surface area contributed by atoms with Crippen LogP contribution in [0.2, 0.25) is 0 Å². The van der Waals surface area contributed by atoms with Gasteiger partial charge in [-0.3, -0.25) is 9.79 Å². The van der Waals surface area contributed by atoms with Crippen LogP contribution in [0.5, 0.6) is 0 Å². The predicted molar refractivity (Wildman–Crippen MR) is 119 cm³/mol. The lowest BCUT2D eigenvalue weighted by atomic mass is 10.1. The summed E-state index contributed by atoms with van der Waals surface area (Å²) in [6.45, 7) is 5.28. The highest BCUT2D eigenvalue weighted by atomic mass is 127. The summed E-state index contributed by atoms with van der Waals surface area (Å²) in [5.74, 6) is -0.0178. The largest absolute Gasteiger partial charge is 0.356 e. The summed E-state index contributed by atoms with van der Waals surface area (Å²) in [6.07, 6.45) is 0.820. The molecule has 1 heterocycles. The molecular formula is C18H25FIN5OS. The lowest BCUT2D eigenvalue weighted by Crippen LogP contribution is -2.42. The van der Waals surface area contributed by atoms with Crippen molar-refractivity contribution in [3.63, 3.8) is 0 Å². The van der Waals surface area contributed by atoms with Gasteiger partial charge < -0.3 is 16.0 Å². The molecule has 6 nitrogen and oxygen atoms in total. The smallest absolute Gasteiger partial charge is 0.251 e. The van der Waals surface area contributed by atoms with Gasteiger partial charge in [-0.05, 0) is 31.5 Å². The second kappa shape index (κ2) is 11.9. The molecule has 0 radical (unpaired) electrons. The fourth-order valence-electron chi connectivity index (χ4n) is 2.25. The van der Waals surface area contributed by atoms with Crippen molar-refractivity contribution < 1.29 is 9.18 Å². The molecule has 0 bridgehead atoms. The Morgan fingerprint density at radius 2 is 1.89 bits per heavy atom. The van der Waals surface area contributed by atoms with Crippen LogP contribution in [0.3, 0.4) is 0 Å². The Morgan fingerprint density at radius 1 is 1.19 bits per heavy atom. The van der Waals surface area contributed by atoms with Gasteiger partial charge in [0.05, 0.1) is 10.7 Å². The van der Waals surface area contributed by atoms with Crippen LogP contribution in [0, 0.1) is 19.7 Å². The fourth-order valence-corrected chi connectivity index (χ4v) is 2.89. The first-order chi connectivity index (χ1) is 12.5. The van der Waals surface area contributed by atoms with Crippen LogP contribution < -0.4 is 16.0 Å². The normalized spacial score (nSPS) is 10.9. The van der Waals surface area contributed by atoms with Crippen molar-refractivity contribution in [2.75, 3.05) is 26.7 Å². The molecule has 27 heavy (non-hydrogen) atoms. The molecule has 2 aromatic rings. The van der Waals surface area contributed by atoms with Crippen LogP contribution in [0.1, 0.15) is 26.6 Å². The number of halogens is 2. The van der Waals surface area contributed by atoms with Gasteiger partial charge >= 0.3 is 0 Å². The Balaban J connectivity index is 0.00000364. The number of carbonyl (C=O) groups is 1. The van der Waals surface area contributed by atoms with E-state index in [-0.39, 0.29) is 35.7 Å². The summed E-state index contributed by atoms with van der Waals surface area (Å²) in [6, 6.07) is 4.46. The highest BCUT2D eigenvalue weighted by Gasteiger charge is 2.07. The first-order valence-corrected chi connectivity index (χ1v) is 9.27. The van der Waals surface area contributed by atoms with Crippen molar-refractivity contribution in [3.8, 4) is 0 Å². The van der Waals surface area contributed by atoms with E-state index >= 15 is 0 Å². The van der Waals surface area contributed by atoms with E-state index in [0.717, 1.165) is 23.7 Å². The van der Waals surface area contributed by atoms with Gasteiger partial charge in [-0.2, -0.15) is 0 Å². The fraction of sp³-hybridized carbons (Fsp3) is 0.389. The van der Waals surface area contributed by atoms with Crippen LogP contribution in [0.4, 0.5) is 4.39 Å². The number of aliphatic imine (C=N–C) groups is 1. The van der Waals surface area contributed by atoms with E-state index in [4.69, 9.17) is 0 Å². The maximum Gasteiger partial charge on any atom is 0.251 e. The number of hydrogen-bond donors (Lipinski definition) is 3. The van der Waals surface area contributed by atoms with E-state index in [1.54, 1.807) is 37.4 Å². The quantitative estimate of drug-likeness (QED) is 0.234. The monoisotopic (exact) mass is 505 g/mol. The number of nitrogens with zero attached hydrogens (tertiary/aromatic N) is 2.